The number of hydrogen-bond acceptors (Lipinski definition) is 4. The van der Waals surface area contributed by atoms with Gasteiger partial charge in [0, 0.05) is 18.5 Å². The Morgan fingerprint density at radius 1 is 1.41 bits per heavy atom. The molecule has 17 heavy (non-hydrogen) atoms. The number of thiazole rings is 1. The lowest BCUT2D eigenvalue weighted by molar-refractivity contribution is 0.236. The van der Waals surface area contributed by atoms with Crippen LogP contribution in [-0.4, -0.2) is 23.0 Å². The van der Waals surface area contributed by atoms with Gasteiger partial charge in [-0.25, -0.2) is 4.98 Å². The van der Waals surface area contributed by atoms with Crippen molar-refractivity contribution in [2.45, 2.75) is 46.7 Å². The first-order valence-electron chi connectivity index (χ1n) is 6.49. The quantitative estimate of drug-likeness (QED) is 0.814. The summed E-state index contributed by atoms with van der Waals surface area (Å²) in [5, 5.41) is 3.18. The molecule has 0 spiro atoms. The molecule has 2 atom stereocenters. The van der Waals surface area contributed by atoms with E-state index < -0.39 is 0 Å². The number of aromatic nitrogens is 1. The van der Waals surface area contributed by atoms with Gasteiger partial charge < -0.3 is 5.73 Å². The first kappa shape index (κ1) is 14.6. The van der Waals surface area contributed by atoms with Crippen LogP contribution >= 0.6 is 11.3 Å². The van der Waals surface area contributed by atoms with Gasteiger partial charge in [0.1, 0.15) is 5.01 Å². The second kappa shape index (κ2) is 7.09. The zero-order valence-electron chi connectivity index (χ0n) is 11.4. The molecule has 0 aliphatic heterocycles. The topological polar surface area (TPSA) is 42.1 Å². The van der Waals surface area contributed by atoms with E-state index in [-0.39, 0.29) is 6.04 Å². The van der Waals surface area contributed by atoms with Gasteiger partial charge in [0.15, 0.2) is 0 Å². The van der Waals surface area contributed by atoms with Crippen LogP contribution < -0.4 is 5.73 Å². The van der Waals surface area contributed by atoms with E-state index in [9.17, 15) is 0 Å². The first-order valence-corrected chi connectivity index (χ1v) is 7.37. The van der Waals surface area contributed by atoms with Crippen LogP contribution in [0.4, 0.5) is 0 Å². The molecule has 2 N–H and O–H groups in total. The van der Waals surface area contributed by atoms with E-state index in [0.717, 1.165) is 36.3 Å². The summed E-state index contributed by atoms with van der Waals surface area (Å²) in [6.07, 6.45) is 1.23. The van der Waals surface area contributed by atoms with Crippen LogP contribution in [0.3, 0.4) is 0 Å². The third-order valence-electron chi connectivity index (χ3n) is 3.06. The summed E-state index contributed by atoms with van der Waals surface area (Å²) >= 11 is 1.67. The monoisotopic (exact) mass is 255 g/mol. The summed E-state index contributed by atoms with van der Waals surface area (Å²) < 4.78 is 0. The Labute approximate surface area is 109 Å². The molecule has 0 fully saturated rings. The maximum atomic E-state index is 5.83. The summed E-state index contributed by atoms with van der Waals surface area (Å²) in [5.41, 5.74) is 6.99. The standard InChI is InChI=1S/C13H25N3S/c1-5-10(3)7-16(6-2)8-12-9-17-13(15-12)11(4)14/h9-11H,5-8,14H2,1-4H3. The van der Waals surface area contributed by atoms with Crippen LogP contribution in [0.25, 0.3) is 0 Å². The third kappa shape index (κ3) is 4.74. The molecule has 0 amide bonds. The largest absolute Gasteiger partial charge is 0.322 e. The second-order valence-corrected chi connectivity index (χ2v) is 5.70. The molecular weight excluding hydrogens is 230 g/mol. The molecule has 0 radical (unpaired) electrons. The highest BCUT2D eigenvalue weighted by atomic mass is 32.1. The number of nitrogens with zero attached hydrogens (tertiary/aromatic N) is 2. The van der Waals surface area contributed by atoms with Crippen molar-refractivity contribution in [1.29, 1.82) is 0 Å². The summed E-state index contributed by atoms with van der Waals surface area (Å²) in [6, 6.07) is 0.0541. The summed E-state index contributed by atoms with van der Waals surface area (Å²) in [6.45, 7) is 11.9. The molecule has 0 saturated carbocycles. The van der Waals surface area contributed by atoms with Crippen molar-refractivity contribution in [2.24, 2.45) is 11.7 Å². The lowest BCUT2D eigenvalue weighted by atomic mass is 10.1. The van der Waals surface area contributed by atoms with Crippen molar-refractivity contribution in [2.75, 3.05) is 13.1 Å². The SMILES string of the molecule is CCC(C)CN(CC)Cc1csc(C(C)N)n1. The maximum absolute atomic E-state index is 5.83. The third-order valence-corrected chi connectivity index (χ3v) is 4.15. The molecule has 1 heterocycles. The molecule has 0 aliphatic rings. The van der Waals surface area contributed by atoms with Gasteiger partial charge in [0.2, 0.25) is 0 Å². The summed E-state index contributed by atoms with van der Waals surface area (Å²) in [5.74, 6) is 0.751. The van der Waals surface area contributed by atoms with Gasteiger partial charge in [-0.3, -0.25) is 4.90 Å². The molecule has 0 bridgehead atoms. The van der Waals surface area contributed by atoms with Crippen molar-refractivity contribution in [3.63, 3.8) is 0 Å². The highest BCUT2D eigenvalue weighted by Crippen LogP contribution is 2.17. The molecule has 2 unspecified atom stereocenters. The average Bonchev–Trinajstić information content (AvgIpc) is 2.76. The average molecular weight is 255 g/mol. The van der Waals surface area contributed by atoms with E-state index in [4.69, 9.17) is 5.73 Å². The van der Waals surface area contributed by atoms with E-state index in [1.54, 1.807) is 11.3 Å². The minimum atomic E-state index is 0.0541. The zero-order chi connectivity index (χ0) is 12.8. The Morgan fingerprint density at radius 3 is 2.59 bits per heavy atom. The molecular formula is C13H25N3S. The normalized spacial score (nSPS) is 15.2. The predicted octanol–water partition coefficient (Wildman–Crippen LogP) is 3.03. The van der Waals surface area contributed by atoms with E-state index in [0.29, 0.717) is 0 Å². The lowest BCUT2D eigenvalue weighted by Crippen LogP contribution is -2.28. The molecule has 4 heteroatoms. The molecule has 3 nitrogen and oxygen atoms in total. The van der Waals surface area contributed by atoms with Crippen LogP contribution in [0.2, 0.25) is 0 Å². The molecule has 0 aliphatic carbocycles. The minimum Gasteiger partial charge on any atom is -0.322 e. The maximum Gasteiger partial charge on any atom is 0.109 e. The molecule has 1 rings (SSSR count). The van der Waals surface area contributed by atoms with E-state index >= 15 is 0 Å². The van der Waals surface area contributed by atoms with Gasteiger partial charge in [-0.2, -0.15) is 0 Å². The van der Waals surface area contributed by atoms with Crippen LogP contribution in [0.5, 0.6) is 0 Å². The van der Waals surface area contributed by atoms with Gasteiger partial charge in [-0.15, -0.1) is 11.3 Å². The van der Waals surface area contributed by atoms with Crippen LogP contribution in [0, 0.1) is 5.92 Å². The van der Waals surface area contributed by atoms with Crippen molar-refractivity contribution in [1.82, 2.24) is 9.88 Å². The molecule has 1 aromatic rings. The Hall–Kier alpha value is -0.450. The smallest absolute Gasteiger partial charge is 0.109 e. The Morgan fingerprint density at radius 2 is 2.12 bits per heavy atom. The fourth-order valence-corrected chi connectivity index (χ4v) is 2.48. The number of nitrogens with two attached hydrogens (primary N) is 1. The van der Waals surface area contributed by atoms with Crippen molar-refractivity contribution in [3.05, 3.63) is 16.1 Å². The highest BCUT2D eigenvalue weighted by molar-refractivity contribution is 7.09. The van der Waals surface area contributed by atoms with Gasteiger partial charge in [-0.1, -0.05) is 27.2 Å². The van der Waals surface area contributed by atoms with Crippen LogP contribution in [0.15, 0.2) is 5.38 Å². The molecule has 98 valence electrons. The Bertz CT molecular complexity index is 322. The van der Waals surface area contributed by atoms with Crippen molar-refractivity contribution >= 4 is 11.3 Å². The van der Waals surface area contributed by atoms with E-state index in [2.05, 4.69) is 36.0 Å². The fraction of sp³-hybridized carbons (Fsp3) is 0.769. The zero-order valence-corrected chi connectivity index (χ0v) is 12.3. The van der Waals surface area contributed by atoms with E-state index in [1.807, 2.05) is 6.92 Å². The first-order chi connectivity index (χ1) is 8.06. The molecule has 0 saturated heterocycles. The number of hydrogen-bond donors (Lipinski definition) is 1. The van der Waals surface area contributed by atoms with Crippen LogP contribution in [0.1, 0.15) is 50.9 Å². The predicted molar refractivity (Wildman–Crippen MR) is 75.1 cm³/mol. The van der Waals surface area contributed by atoms with Crippen molar-refractivity contribution in [3.8, 4) is 0 Å². The Balaban J connectivity index is 2.54. The van der Waals surface area contributed by atoms with Crippen LogP contribution in [-0.2, 0) is 6.54 Å². The molecule has 1 aromatic heterocycles. The van der Waals surface area contributed by atoms with Gasteiger partial charge in [-0.05, 0) is 19.4 Å². The van der Waals surface area contributed by atoms with Gasteiger partial charge in [0.05, 0.1) is 11.7 Å². The van der Waals surface area contributed by atoms with Crippen molar-refractivity contribution < 1.29 is 0 Å². The molecule has 0 aromatic carbocycles. The highest BCUT2D eigenvalue weighted by Gasteiger charge is 2.11. The van der Waals surface area contributed by atoms with Gasteiger partial charge >= 0.3 is 0 Å². The fourth-order valence-electron chi connectivity index (χ4n) is 1.71. The lowest BCUT2D eigenvalue weighted by Gasteiger charge is -2.22. The second-order valence-electron chi connectivity index (χ2n) is 4.81. The Kier molecular flexibility index (Phi) is 6.09. The summed E-state index contributed by atoms with van der Waals surface area (Å²) in [7, 11) is 0. The minimum absolute atomic E-state index is 0.0541. The summed E-state index contributed by atoms with van der Waals surface area (Å²) in [4.78, 5) is 7.04. The number of rotatable bonds is 7. The van der Waals surface area contributed by atoms with Gasteiger partial charge in [0.25, 0.3) is 0 Å². The van der Waals surface area contributed by atoms with E-state index in [1.165, 1.54) is 6.42 Å².